The number of hydrogen-bond donors (Lipinski definition) is 0. The summed E-state index contributed by atoms with van der Waals surface area (Å²) in [5, 5.41) is 0. The Hall–Kier alpha value is -0.980. The lowest BCUT2D eigenvalue weighted by Gasteiger charge is -2.41. The normalized spacial score (nSPS) is 30.6. The smallest absolute Gasteiger partial charge is 0.0312 e. The van der Waals surface area contributed by atoms with Crippen LogP contribution in [0.4, 0.5) is 0 Å². The van der Waals surface area contributed by atoms with E-state index in [4.69, 9.17) is 0 Å². The molecule has 0 radical (unpaired) electrons. The molecule has 2 rings (SSSR count). The van der Waals surface area contributed by atoms with E-state index >= 15 is 0 Å². The summed E-state index contributed by atoms with van der Waals surface area (Å²) in [7, 11) is 0. The number of fused-ring (bicyclic) bond motifs is 1. The first-order chi connectivity index (χ1) is 6.57. The van der Waals surface area contributed by atoms with Gasteiger partial charge in [-0.3, -0.25) is 0 Å². The Labute approximate surface area is 86.8 Å². The third-order valence-corrected chi connectivity index (χ3v) is 3.05. The highest BCUT2D eigenvalue weighted by Gasteiger charge is 2.27. The largest absolute Gasteiger partial charge is 0.372 e. The number of hydrogen-bond acceptors (Lipinski definition) is 1. The zero-order chi connectivity index (χ0) is 10.2. The highest BCUT2D eigenvalue weighted by molar-refractivity contribution is 5.21. The zero-order valence-electron chi connectivity index (χ0n) is 9.27. The lowest BCUT2D eigenvalue weighted by molar-refractivity contribution is 0.167. The highest BCUT2D eigenvalue weighted by Crippen LogP contribution is 2.29. The minimum atomic E-state index is 0.246. The Balaban J connectivity index is 2.16. The fourth-order valence-electron chi connectivity index (χ4n) is 2.05. The van der Waals surface area contributed by atoms with Crippen molar-refractivity contribution in [2.45, 2.75) is 26.3 Å². The van der Waals surface area contributed by atoms with Gasteiger partial charge in [0.05, 0.1) is 0 Å². The summed E-state index contributed by atoms with van der Waals surface area (Å²) in [4.78, 5) is 2.43. The molecule has 0 aromatic heterocycles. The van der Waals surface area contributed by atoms with Crippen LogP contribution in [0.2, 0.25) is 0 Å². The van der Waals surface area contributed by atoms with Crippen LogP contribution in [0.25, 0.3) is 0 Å². The quantitative estimate of drug-likeness (QED) is 0.566. The summed E-state index contributed by atoms with van der Waals surface area (Å²) in [6.07, 6.45) is 13.5. The molecule has 1 aliphatic heterocycles. The molecule has 1 nitrogen and oxygen atoms in total. The van der Waals surface area contributed by atoms with Crippen molar-refractivity contribution in [3.8, 4) is 0 Å². The molecule has 14 heavy (non-hydrogen) atoms. The van der Waals surface area contributed by atoms with Gasteiger partial charge in [0.1, 0.15) is 0 Å². The molecule has 1 heterocycles. The molecule has 0 aromatic rings. The minimum Gasteiger partial charge on any atom is -0.372 e. The Kier molecular flexibility index (Phi) is 2.26. The molecule has 1 aliphatic carbocycles. The third-order valence-electron chi connectivity index (χ3n) is 3.05. The SMILES string of the molecule is CC(C)(C)N1C=CC2C=CC=CC2C1. The van der Waals surface area contributed by atoms with Crippen LogP contribution < -0.4 is 0 Å². The van der Waals surface area contributed by atoms with Gasteiger partial charge in [-0.1, -0.05) is 30.4 Å². The van der Waals surface area contributed by atoms with Crippen LogP contribution in [0.3, 0.4) is 0 Å². The summed E-state index contributed by atoms with van der Waals surface area (Å²) >= 11 is 0. The van der Waals surface area contributed by atoms with Gasteiger partial charge in [0.25, 0.3) is 0 Å². The van der Waals surface area contributed by atoms with E-state index in [0.717, 1.165) is 6.54 Å². The standard InChI is InChI=1S/C13H19N/c1-13(2,3)14-9-8-11-6-4-5-7-12(11)10-14/h4-9,11-12H,10H2,1-3H3. The Morgan fingerprint density at radius 2 is 1.79 bits per heavy atom. The molecule has 0 fully saturated rings. The maximum absolute atomic E-state index is 2.43. The minimum absolute atomic E-state index is 0.246. The molecule has 0 aromatic carbocycles. The van der Waals surface area contributed by atoms with Gasteiger partial charge in [0, 0.05) is 23.9 Å². The van der Waals surface area contributed by atoms with E-state index in [-0.39, 0.29) is 5.54 Å². The average Bonchev–Trinajstić information content (AvgIpc) is 2.16. The van der Waals surface area contributed by atoms with Crippen molar-refractivity contribution in [3.05, 3.63) is 36.6 Å². The first-order valence-electron chi connectivity index (χ1n) is 5.37. The lowest BCUT2D eigenvalue weighted by atomic mass is 9.84. The maximum Gasteiger partial charge on any atom is 0.0312 e. The van der Waals surface area contributed by atoms with Gasteiger partial charge in [-0.15, -0.1) is 0 Å². The predicted octanol–water partition coefficient (Wildman–Crippen LogP) is 2.97. The Morgan fingerprint density at radius 1 is 1.07 bits per heavy atom. The summed E-state index contributed by atoms with van der Waals surface area (Å²) in [5.41, 5.74) is 0.246. The van der Waals surface area contributed by atoms with Gasteiger partial charge in [0.2, 0.25) is 0 Å². The molecule has 0 N–H and O–H groups in total. The van der Waals surface area contributed by atoms with E-state index in [1.807, 2.05) is 0 Å². The molecule has 0 spiro atoms. The van der Waals surface area contributed by atoms with Crippen molar-refractivity contribution in [1.82, 2.24) is 4.90 Å². The third kappa shape index (κ3) is 1.77. The molecular weight excluding hydrogens is 170 g/mol. The zero-order valence-corrected chi connectivity index (χ0v) is 9.27. The van der Waals surface area contributed by atoms with Crippen molar-refractivity contribution in [1.29, 1.82) is 0 Å². The van der Waals surface area contributed by atoms with Crippen LogP contribution >= 0.6 is 0 Å². The van der Waals surface area contributed by atoms with Crippen LogP contribution in [0.5, 0.6) is 0 Å². The first-order valence-corrected chi connectivity index (χ1v) is 5.37. The molecule has 2 unspecified atom stereocenters. The lowest BCUT2D eigenvalue weighted by Crippen LogP contribution is -2.43. The number of allylic oxidation sites excluding steroid dienone is 4. The van der Waals surface area contributed by atoms with Crippen molar-refractivity contribution < 1.29 is 0 Å². The summed E-state index contributed by atoms with van der Waals surface area (Å²) < 4.78 is 0. The highest BCUT2D eigenvalue weighted by atomic mass is 15.2. The molecule has 0 bridgehead atoms. The van der Waals surface area contributed by atoms with Gasteiger partial charge in [-0.05, 0) is 27.0 Å². The molecule has 0 amide bonds. The molecule has 0 saturated heterocycles. The predicted molar refractivity (Wildman–Crippen MR) is 60.9 cm³/mol. The van der Waals surface area contributed by atoms with Crippen LogP contribution in [0.1, 0.15) is 20.8 Å². The molecule has 2 atom stereocenters. The second kappa shape index (κ2) is 3.30. The number of rotatable bonds is 0. The van der Waals surface area contributed by atoms with E-state index in [1.165, 1.54) is 0 Å². The average molecular weight is 189 g/mol. The van der Waals surface area contributed by atoms with Gasteiger partial charge < -0.3 is 4.90 Å². The van der Waals surface area contributed by atoms with E-state index in [9.17, 15) is 0 Å². The van der Waals surface area contributed by atoms with Crippen molar-refractivity contribution in [3.63, 3.8) is 0 Å². The summed E-state index contributed by atoms with van der Waals surface area (Å²) in [5.74, 6) is 1.29. The Morgan fingerprint density at radius 3 is 2.50 bits per heavy atom. The first kappa shape index (κ1) is 9.57. The maximum atomic E-state index is 2.43. The van der Waals surface area contributed by atoms with Gasteiger partial charge >= 0.3 is 0 Å². The fraction of sp³-hybridized carbons (Fsp3) is 0.538. The monoisotopic (exact) mass is 189 g/mol. The Bertz CT molecular complexity index is 291. The second-order valence-electron chi connectivity index (χ2n) is 5.18. The van der Waals surface area contributed by atoms with Crippen molar-refractivity contribution >= 4 is 0 Å². The summed E-state index contributed by atoms with van der Waals surface area (Å²) in [6.45, 7) is 7.94. The van der Waals surface area contributed by atoms with E-state index in [2.05, 4.69) is 62.3 Å². The van der Waals surface area contributed by atoms with Crippen molar-refractivity contribution in [2.24, 2.45) is 11.8 Å². The van der Waals surface area contributed by atoms with Crippen LogP contribution in [-0.4, -0.2) is 17.0 Å². The molecule has 0 saturated carbocycles. The topological polar surface area (TPSA) is 3.24 Å². The molecule has 2 aliphatic rings. The van der Waals surface area contributed by atoms with Gasteiger partial charge in [-0.2, -0.15) is 0 Å². The fourth-order valence-corrected chi connectivity index (χ4v) is 2.05. The van der Waals surface area contributed by atoms with E-state index < -0.39 is 0 Å². The van der Waals surface area contributed by atoms with Crippen LogP contribution in [0, 0.1) is 11.8 Å². The summed E-state index contributed by atoms with van der Waals surface area (Å²) in [6, 6.07) is 0. The van der Waals surface area contributed by atoms with E-state index in [1.54, 1.807) is 0 Å². The molecular formula is C13H19N. The van der Waals surface area contributed by atoms with Crippen molar-refractivity contribution in [2.75, 3.05) is 6.54 Å². The van der Waals surface area contributed by atoms with Gasteiger partial charge in [0.15, 0.2) is 0 Å². The molecule has 1 heteroatoms. The van der Waals surface area contributed by atoms with E-state index in [0.29, 0.717) is 11.8 Å². The molecule has 76 valence electrons. The van der Waals surface area contributed by atoms with Crippen LogP contribution in [-0.2, 0) is 0 Å². The number of nitrogens with zero attached hydrogens (tertiary/aromatic N) is 1. The van der Waals surface area contributed by atoms with Crippen LogP contribution in [0.15, 0.2) is 36.6 Å². The van der Waals surface area contributed by atoms with Gasteiger partial charge in [-0.25, -0.2) is 0 Å². The second-order valence-corrected chi connectivity index (χ2v) is 5.18.